The maximum absolute atomic E-state index is 11.2. The zero-order chi connectivity index (χ0) is 12.5. The van der Waals surface area contributed by atoms with E-state index in [0.29, 0.717) is 5.76 Å². The van der Waals surface area contributed by atoms with Gasteiger partial charge in [-0.3, -0.25) is 4.79 Å². The average Bonchev–Trinajstić information content (AvgIpc) is 2.96. The number of hydrogen-bond acceptors (Lipinski definition) is 3. The van der Waals surface area contributed by atoms with Crippen molar-refractivity contribution in [2.75, 3.05) is 0 Å². The highest BCUT2D eigenvalue weighted by molar-refractivity contribution is 7.99. The summed E-state index contributed by atoms with van der Waals surface area (Å²) in [5.41, 5.74) is 2.93. The van der Waals surface area contributed by atoms with Crippen LogP contribution < -0.4 is 0 Å². The number of benzene rings is 1. The Morgan fingerprint density at radius 1 is 1.17 bits per heavy atom. The van der Waals surface area contributed by atoms with Crippen molar-refractivity contribution in [2.45, 2.75) is 36.2 Å². The topological polar surface area (TPSA) is 30.2 Å². The van der Waals surface area contributed by atoms with E-state index in [0.717, 1.165) is 5.09 Å². The average molecular weight is 258 g/mol. The quantitative estimate of drug-likeness (QED) is 0.776. The molecule has 1 aliphatic carbocycles. The van der Waals surface area contributed by atoms with E-state index >= 15 is 0 Å². The van der Waals surface area contributed by atoms with Crippen LogP contribution in [0.15, 0.2) is 44.7 Å². The summed E-state index contributed by atoms with van der Waals surface area (Å²) in [6.45, 7) is 1.52. The minimum Gasteiger partial charge on any atom is -0.446 e. The normalized spacial score (nSPS) is 13.6. The Morgan fingerprint density at radius 3 is 2.78 bits per heavy atom. The summed E-state index contributed by atoms with van der Waals surface area (Å²) in [5.74, 6) is 0.398. The zero-order valence-corrected chi connectivity index (χ0v) is 11.0. The van der Waals surface area contributed by atoms with Crippen molar-refractivity contribution in [2.24, 2.45) is 0 Å². The SMILES string of the molecule is CC(=O)c1ccc(Sc2ccc3c(c2)CCC3)o1. The first kappa shape index (κ1) is 11.6. The molecule has 0 fully saturated rings. The van der Waals surface area contributed by atoms with Crippen LogP contribution in [0.1, 0.15) is 35.0 Å². The van der Waals surface area contributed by atoms with Crippen LogP contribution >= 0.6 is 11.8 Å². The second-order valence-electron chi connectivity index (χ2n) is 4.56. The number of hydrogen-bond donors (Lipinski definition) is 0. The third-order valence-corrected chi connectivity index (χ3v) is 4.13. The summed E-state index contributed by atoms with van der Waals surface area (Å²) in [6, 6.07) is 10.2. The van der Waals surface area contributed by atoms with Crippen molar-refractivity contribution < 1.29 is 9.21 Å². The molecule has 0 atom stereocenters. The molecule has 0 bridgehead atoms. The summed E-state index contributed by atoms with van der Waals surface area (Å²) < 4.78 is 5.48. The second kappa shape index (κ2) is 4.65. The fourth-order valence-electron chi connectivity index (χ4n) is 2.29. The van der Waals surface area contributed by atoms with Gasteiger partial charge >= 0.3 is 0 Å². The lowest BCUT2D eigenvalue weighted by molar-refractivity contribution is 0.0982. The Morgan fingerprint density at radius 2 is 2.00 bits per heavy atom. The first-order valence-electron chi connectivity index (χ1n) is 6.13. The minimum atomic E-state index is -0.0317. The summed E-state index contributed by atoms with van der Waals surface area (Å²) in [6.07, 6.45) is 3.65. The van der Waals surface area contributed by atoms with Gasteiger partial charge in [0.2, 0.25) is 0 Å². The Labute approximate surface area is 110 Å². The molecule has 1 aliphatic rings. The molecular formula is C15H14O2S. The van der Waals surface area contributed by atoms with Crippen molar-refractivity contribution in [1.82, 2.24) is 0 Å². The van der Waals surface area contributed by atoms with Gasteiger partial charge in [-0.2, -0.15) is 0 Å². The van der Waals surface area contributed by atoms with Crippen molar-refractivity contribution in [3.63, 3.8) is 0 Å². The predicted molar refractivity (Wildman–Crippen MR) is 71.3 cm³/mol. The lowest BCUT2D eigenvalue weighted by Crippen LogP contribution is -1.86. The fourth-order valence-corrected chi connectivity index (χ4v) is 3.13. The number of Topliss-reactive ketones (excluding diaryl/α,β-unsaturated/α-hetero) is 1. The molecule has 0 saturated heterocycles. The molecule has 92 valence electrons. The number of ketones is 1. The summed E-state index contributed by atoms with van der Waals surface area (Å²) in [5, 5.41) is 0.776. The van der Waals surface area contributed by atoms with Crippen LogP contribution in [0, 0.1) is 0 Å². The second-order valence-corrected chi connectivity index (χ2v) is 5.64. The van der Waals surface area contributed by atoms with Crippen LogP contribution in [0.25, 0.3) is 0 Å². The van der Waals surface area contributed by atoms with Gasteiger partial charge in [0.25, 0.3) is 0 Å². The van der Waals surface area contributed by atoms with Gasteiger partial charge in [-0.1, -0.05) is 17.8 Å². The number of rotatable bonds is 3. The maximum atomic E-state index is 11.2. The summed E-state index contributed by atoms with van der Waals surface area (Å²) in [4.78, 5) is 12.3. The van der Waals surface area contributed by atoms with Gasteiger partial charge < -0.3 is 4.42 Å². The van der Waals surface area contributed by atoms with Gasteiger partial charge in [0.05, 0.1) is 0 Å². The number of fused-ring (bicyclic) bond motifs is 1. The van der Waals surface area contributed by atoms with Crippen LogP contribution in [0.4, 0.5) is 0 Å². The molecule has 1 aromatic heterocycles. The van der Waals surface area contributed by atoms with Gasteiger partial charge in [0.1, 0.15) is 0 Å². The van der Waals surface area contributed by atoms with Crippen molar-refractivity contribution >= 4 is 17.5 Å². The number of furan rings is 1. The Balaban J connectivity index is 1.81. The van der Waals surface area contributed by atoms with Crippen molar-refractivity contribution in [3.05, 3.63) is 47.2 Å². The first-order valence-corrected chi connectivity index (χ1v) is 6.94. The van der Waals surface area contributed by atoms with Gasteiger partial charge in [-0.05, 0) is 54.7 Å². The van der Waals surface area contributed by atoms with E-state index in [9.17, 15) is 4.79 Å². The molecule has 0 aliphatic heterocycles. The molecule has 3 rings (SSSR count). The van der Waals surface area contributed by atoms with Crippen LogP contribution in [0.3, 0.4) is 0 Å². The monoisotopic (exact) mass is 258 g/mol. The molecule has 0 N–H and O–H groups in total. The third-order valence-electron chi connectivity index (χ3n) is 3.22. The van der Waals surface area contributed by atoms with E-state index in [1.54, 1.807) is 17.8 Å². The van der Waals surface area contributed by atoms with Crippen LogP contribution in [-0.2, 0) is 12.8 Å². The minimum absolute atomic E-state index is 0.0317. The molecule has 1 aromatic carbocycles. The van der Waals surface area contributed by atoms with Crippen molar-refractivity contribution in [1.29, 1.82) is 0 Å². The van der Waals surface area contributed by atoms with E-state index in [1.165, 1.54) is 42.2 Å². The molecular weight excluding hydrogens is 244 g/mol. The highest BCUT2D eigenvalue weighted by atomic mass is 32.2. The van der Waals surface area contributed by atoms with E-state index in [4.69, 9.17) is 4.42 Å². The van der Waals surface area contributed by atoms with Gasteiger partial charge in [-0.15, -0.1) is 0 Å². The molecule has 1 heterocycles. The number of carbonyl (C=O) groups excluding carboxylic acids is 1. The van der Waals surface area contributed by atoms with Crippen molar-refractivity contribution in [3.8, 4) is 0 Å². The number of carbonyl (C=O) groups is 1. The molecule has 0 radical (unpaired) electrons. The molecule has 0 saturated carbocycles. The Kier molecular flexibility index (Phi) is 3.00. The molecule has 2 nitrogen and oxygen atoms in total. The molecule has 2 aromatic rings. The van der Waals surface area contributed by atoms with E-state index in [-0.39, 0.29) is 5.78 Å². The van der Waals surface area contributed by atoms with E-state index in [2.05, 4.69) is 18.2 Å². The molecule has 0 amide bonds. The highest BCUT2D eigenvalue weighted by Crippen LogP contribution is 2.32. The lowest BCUT2D eigenvalue weighted by Gasteiger charge is -2.02. The molecule has 3 heteroatoms. The van der Waals surface area contributed by atoms with Crippen LogP contribution in [-0.4, -0.2) is 5.78 Å². The molecule has 0 unspecified atom stereocenters. The van der Waals surface area contributed by atoms with Crippen LogP contribution in [0.2, 0.25) is 0 Å². The summed E-state index contributed by atoms with van der Waals surface area (Å²) in [7, 11) is 0. The van der Waals surface area contributed by atoms with Crippen LogP contribution in [0.5, 0.6) is 0 Å². The predicted octanol–water partition coefficient (Wildman–Crippen LogP) is 4.12. The maximum Gasteiger partial charge on any atom is 0.194 e. The fraction of sp³-hybridized carbons (Fsp3) is 0.267. The molecule has 0 spiro atoms. The highest BCUT2D eigenvalue weighted by Gasteiger charge is 2.12. The zero-order valence-electron chi connectivity index (χ0n) is 10.2. The van der Waals surface area contributed by atoms with Gasteiger partial charge in [0, 0.05) is 11.8 Å². The van der Waals surface area contributed by atoms with E-state index < -0.39 is 0 Å². The van der Waals surface area contributed by atoms with Gasteiger partial charge in [0.15, 0.2) is 16.6 Å². The standard InChI is InChI=1S/C15H14O2S/c1-10(16)14-7-8-15(17-14)18-13-6-5-11-3-2-4-12(11)9-13/h5-9H,2-4H2,1H3. The van der Waals surface area contributed by atoms with E-state index in [1.807, 2.05) is 6.07 Å². The smallest absolute Gasteiger partial charge is 0.194 e. The molecule has 18 heavy (non-hydrogen) atoms. The first-order chi connectivity index (χ1) is 8.72. The number of aryl methyl sites for hydroxylation is 2. The Hall–Kier alpha value is -1.48. The Bertz CT molecular complexity index is 598. The largest absolute Gasteiger partial charge is 0.446 e. The summed E-state index contributed by atoms with van der Waals surface area (Å²) >= 11 is 1.57. The third kappa shape index (κ3) is 2.23. The van der Waals surface area contributed by atoms with Gasteiger partial charge in [-0.25, -0.2) is 0 Å². The lowest BCUT2D eigenvalue weighted by atomic mass is 10.1.